The minimum absolute atomic E-state index is 0.0621. The maximum atomic E-state index is 13.4. The summed E-state index contributed by atoms with van der Waals surface area (Å²) in [7, 11) is -3.82. The standard InChI is InChI=1S/C31H32Cl2N4O4S/c1-18-22(16-30(38)37-12-10-36(11-13-37)20-6-7-20)19(2)34-29(18)15-24-23-14-21(8-9-28(23)35-31(24)39)42(40,41)17-25-26(32)4-3-5-27(25)33/h3-5,8-9,14-15,20,34H,6-7,10-13,16-17H2,1-2H3,(H,35,39). The van der Waals surface area contributed by atoms with Crippen LogP contribution in [-0.4, -0.2) is 67.2 Å². The number of carbonyl (C=O) groups excluding carboxylic acids is 2. The normalized spacial score (nSPS) is 18.4. The van der Waals surface area contributed by atoms with Gasteiger partial charge in [0, 0.05) is 70.5 Å². The van der Waals surface area contributed by atoms with Crippen LogP contribution in [-0.2, 0) is 31.6 Å². The van der Waals surface area contributed by atoms with Gasteiger partial charge in [0.15, 0.2) is 9.84 Å². The fourth-order valence-electron chi connectivity index (χ4n) is 5.86. The Morgan fingerprint density at radius 3 is 2.38 bits per heavy atom. The van der Waals surface area contributed by atoms with Gasteiger partial charge in [-0.15, -0.1) is 0 Å². The van der Waals surface area contributed by atoms with Gasteiger partial charge >= 0.3 is 0 Å². The molecule has 6 rings (SSSR count). The summed E-state index contributed by atoms with van der Waals surface area (Å²) in [6.07, 6.45) is 4.56. The molecule has 3 heterocycles. The number of nitrogens with zero attached hydrogens (tertiary/aromatic N) is 2. The molecule has 2 amide bonds. The molecule has 2 N–H and O–H groups in total. The van der Waals surface area contributed by atoms with Gasteiger partial charge in [0.05, 0.1) is 22.6 Å². The third-order valence-electron chi connectivity index (χ3n) is 8.51. The molecule has 1 saturated carbocycles. The Labute approximate surface area is 255 Å². The van der Waals surface area contributed by atoms with Gasteiger partial charge in [-0.2, -0.15) is 0 Å². The number of piperazine rings is 1. The van der Waals surface area contributed by atoms with Crippen molar-refractivity contribution in [1.29, 1.82) is 0 Å². The number of carbonyl (C=O) groups is 2. The monoisotopic (exact) mass is 626 g/mol. The van der Waals surface area contributed by atoms with E-state index in [0.717, 1.165) is 43.0 Å². The number of aryl methyl sites for hydroxylation is 1. The van der Waals surface area contributed by atoms with Crippen LogP contribution in [0.4, 0.5) is 5.69 Å². The summed E-state index contributed by atoms with van der Waals surface area (Å²) in [6.45, 7) is 7.22. The van der Waals surface area contributed by atoms with Crippen molar-refractivity contribution in [3.8, 4) is 0 Å². The number of amides is 2. The summed E-state index contributed by atoms with van der Waals surface area (Å²) >= 11 is 12.5. The predicted molar refractivity (Wildman–Crippen MR) is 165 cm³/mol. The van der Waals surface area contributed by atoms with Gasteiger partial charge < -0.3 is 15.2 Å². The van der Waals surface area contributed by atoms with Crippen LogP contribution in [0.2, 0.25) is 10.0 Å². The van der Waals surface area contributed by atoms with Crippen molar-refractivity contribution in [3.05, 3.63) is 80.1 Å². The number of nitrogens with one attached hydrogen (secondary N) is 2. The molecule has 0 unspecified atom stereocenters. The first-order valence-corrected chi connectivity index (χ1v) is 16.5. The number of hydrogen-bond acceptors (Lipinski definition) is 5. The number of fused-ring (bicyclic) bond motifs is 1. The van der Waals surface area contributed by atoms with Crippen molar-refractivity contribution in [1.82, 2.24) is 14.8 Å². The Hall–Kier alpha value is -3.11. The zero-order valence-electron chi connectivity index (χ0n) is 23.5. The van der Waals surface area contributed by atoms with Crippen LogP contribution in [0.1, 0.15) is 46.5 Å². The summed E-state index contributed by atoms with van der Waals surface area (Å²) < 4.78 is 26.7. The van der Waals surface area contributed by atoms with E-state index in [4.69, 9.17) is 23.2 Å². The molecule has 1 aromatic heterocycles. The molecule has 11 heteroatoms. The number of aromatic amines is 1. The smallest absolute Gasteiger partial charge is 0.256 e. The minimum atomic E-state index is -3.82. The molecule has 0 bridgehead atoms. The number of anilines is 1. The fourth-order valence-corrected chi connectivity index (χ4v) is 7.98. The van der Waals surface area contributed by atoms with E-state index >= 15 is 0 Å². The van der Waals surface area contributed by atoms with Crippen molar-refractivity contribution in [3.63, 3.8) is 0 Å². The lowest BCUT2D eigenvalue weighted by molar-refractivity contribution is -0.132. The average molecular weight is 628 g/mol. The van der Waals surface area contributed by atoms with Crippen LogP contribution in [0.15, 0.2) is 41.3 Å². The van der Waals surface area contributed by atoms with Gasteiger partial charge in [0.25, 0.3) is 5.91 Å². The van der Waals surface area contributed by atoms with E-state index in [2.05, 4.69) is 15.2 Å². The highest BCUT2D eigenvalue weighted by atomic mass is 35.5. The highest BCUT2D eigenvalue weighted by Crippen LogP contribution is 2.37. The topological polar surface area (TPSA) is 103 Å². The number of hydrogen-bond donors (Lipinski definition) is 2. The van der Waals surface area contributed by atoms with Gasteiger partial charge in [-0.1, -0.05) is 29.3 Å². The fraction of sp³-hybridized carbons (Fsp3) is 0.355. The molecule has 8 nitrogen and oxygen atoms in total. The zero-order valence-corrected chi connectivity index (χ0v) is 25.8. The molecule has 42 heavy (non-hydrogen) atoms. The number of aromatic nitrogens is 1. The Balaban J connectivity index is 1.24. The third kappa shape index (κ3) is 5.63. The van der Waals surface area contributed by atoms with Gasteiger partial charge in [-0.05, 0) is 74.2 Å². The lowest BCUT2D eigenvalue weighted by atomic mass is 10.0. The van der Waals surface area contributed by atoms with E-state index in [1.165, 1.54) is 25.0 Å². The van der Waals surface area contributed by atoms with Crippen LogP contribution in [0.5, 0.6) is 0 Å². The minimum Gasteiger partial charge on any atom is -0.359 e. The molecule has 2 fully saturated rings. The highest BCUT2D eigenvalue weighted by molar-refractivity contribution is 7.90. The quantitative estimate of drug-likeness (QED) is 0.349. The van der Waals surface area contributed by atoms with Crippen LogP contribution in [0.3, 0.4) is 0 Å². The van der Waals surface area contributed by atoms with E-state index in [1.807, 2.05) is 18.7 Å². The van der Waals surface area contributed by atoms with Gasteiger partial charge in [0.1, 0.15) is 0 Å². The zero-order chi connectivity index (χ0) is 29.8. The van der Waals surface area contributed by atoms with Crippen molar-refractivity contribution in [2.45, 2.75) is 49.8 Å². The summed E-state index contributed by atoms with van der Waals surface area (Å²) in [4.78, 5) is 34.0. The van der Waals surface area contributed by atoms with Crippen LogP contribution in [0.25, 0.3) is 11.6 Å². The number of benzene rings is 2. The van der Waals surface area contributed by atoms with Gasteiger partial charge in [0.2, 0.25) is 5.91 Å². The number of halogens is 2. The molecule has 0 radical (unpaired) electrons. The molecule has 0 spiro atoms. The van der Waals surface area contributed by atoms with Crippen LogP contribution in [0, 0.1) is 13.8 Å². The van der Waals surface area contributed by atoms with E-state index < -0.39 is 9.84 Å². The molecule has 2 aromatic carbocycles. The molecule has 220 valence electrons. The maximum absolute atomic E-state index is 13.4. The second-order valence-corrected chi connectivity index (χ2v) is 14.1. The van der Waals surface area contributed by atoms with Crippen LogP contribution < -0.4 is 5.32 Å². The maximum Gasteiger partial charge on any atom is 0.256 e. The molecule has 3 aliphatic rings. The SMILES string of the molecule is Cc1[nH]c(C=C2C(=O)Nc3ccc(S(=O)(=O)Cc4c(Cl)cccc4Cl)cc32)c(C)c1CC(=O)N1CCN(C2CC2)CC1. The molecule has 1 saturated heterocycles. The first-order valence-electron chi connectivity index (χ1n) is 14.0. The number of sulfone groups is 1. The Morgan fingerprint density at radius 2 is 1.71 bits per heavy atom. The first-order chi connectivity index (χ1) is 20.0. The third-order valence-corrected chi connectivity index (χ3v) is 10.9. The first kappa shape index (κ1) is 29.0. The van der Waals surface area contributed by atoms with Gasteiger partial charge in [-0.3, -0.25) is 14.5 Å². The highest BCUT2D eigenvalue weighted by Gasteiger charge is 2.33. The predicted octanol–water partition coefficient (Wildman–Crippen LogP) is 5.25. The molecular formula is C31H32Cl2N4O4S. The summed E-state index contributed by atoms with van der Waals surface area (Å²) in [5.74, 6) is -0.592. The Morgan fingerprint density at radius 1 is 1.02 bits per heavy atom. The van der Waals surface area contributed by atoms with E-state index in [1.54, 1.807) is 30.3 Å². The van der Waals surface area contributed by atoms with Crippen molar-refractivity contribution in [2.24, 2.45) is 0 Å². The summed E-state index contributed by atoms with van der Waals surface area (Å²) in [6, 6.07) is 10.1. The lowest BCUT2D eigenvalue weighted by Crippen LogP contribution is -2.49. The van der Waals surface area contributed by atoms with Gasteiger partial charge in [-0.25, -0.2) is 8.42 Å². The summed E-state index contributed by atoms with van der Waals surface area (Å²) in [5.41, 5.74) is 5.09. The molecule has 2 aliphatic heterocycles. The van der Waals surface area contributed by atoms with E-state index in [-0.39, 0.29) is 38.9 Å². The molecule has 3 aromatic rings. The molecule has 1 aliphatic carbocycles. The van der Waals surface area contributed by atoms with Crippen molar-refractivity contribution >= 4 is 62.2 Å². The Kier molecular flexibility index (Phi) is 7.72. The number of H-pyrrole nitrogens is 1. The van der Waals surface area contributed by atoms with Crippen LogP contribution >= 0.6 is 23.2 Å². The summed E-state index contributed by atoms with van der Waals surface area (Å²) in [5, 5.41) is 3.37. The molecular weight excluding hydrogens is 595 g/mol. The largest absolute Gasteiger partial charge is 0.359 e. The van der Waals surface area contributed by atoms with E-state index in [0.29, 0.717) is 34.1 Å². The lowest BCUT2D eigenvalue weighted by Gasteiger charge is -2.35. The second kappa shape index (κ2) is 11.2. The van der Waals surface area contributed by atoms with Crippen molar-refractivity contribution in [2.75, 3.05) is 31.5 Å². The Bertz CT molecular complexity index is 1720. The number of rotatable bonds is 7. The second-order valence-electron chi connectivity index (χ2n) is 11.3. The van der Waals surface area contributed by atoms with E-state index in [9.17, 15) is 18.0 Å². The average Bonchev–Trinajstić information content (AvgIpc) is 3.72. The van der Waals surface area contributed by atoms with Crippen molar-refractivity contribution < 1.29 is 18.0 Å². The molecule has 0 atom stereocenters.